The molecule has 0 amide bonds. The van der Waals surface area contributed by atoms with E-state index in [2.05, 4.69) is 20.5 Å². The molecule has 5 rings (SSSR count). The molecule has 0 aliphatic rings. The van der Waals surface area contributed by atoms with Crippen molar-refractivity contribution in [2.45, 2.75) is 0 Å². The van der Waals surface area contributed by atoms with Crippen molar-refractivity contribution >= 4 is 40.4 Å². The molecular formula is C20H14ClN7S. The monoisotopic (exact) mass is 419 g/mol. The van der Waals surface area contributed by atoms with E-state index in [4.69, 9.17) is 29.6 Å². The van der Waals surface area contributed by atoms with Gasteiger partial charge in [-0.3, -0.25) is 9.67 Å². The van der Waals surface area contributed by atoms with Crippen LogP contribution in [0.25, 0.3) is 33.7 Å². The van der Waals surface area contributed by atoms with Crippen LogP contribution in [0.4, 0.5) is 5.82 Å². The summed E-state index contributed by atoms with van der Waals surface area (Å²) in [5.74, 6) is 0.840. The van der Waals surface area contributed by atoms with E-state index < -0.39 is 0 Å². The van der Waals surface area contributed by atoms with Crippen LogP contribution < -0.4 is 5.73 Å². The minimum atomic E-state index is 0.350. The van der Waals surface area contributed by atoms with Gasteiger partial charge in [0.15, 0.2) is 22.1 Å². The Hall–Kier alpha value is -3.49. The van der Waals surface area contributed by atoms with Crippen molar-refractivity contribution in [2.75, 3.05) is 5.73 Å². The fraction of sp³-hybridized carbons (Fsp3) is 0. The van der Waals surface area contributed by atoms with E-state index in [1.165, 1.54) is 4.68 Å². The van der Waals surface area contributed by atoms with Crippen LogP contribution in [0.2, 0.25) is 5.02 Å². The Balaban J connectivity index is 1.70. The van der Waals surface area contributed by atoms with Crippen LogP contribution in [0.15, 0.2) is 66.7 Å². The first-order valence-electron chi connectivity index (χ1n) is 8.76. The average Bonchev–Trinajstić information content (AvgIpc) is 3.30. The number of anilines is 1. The summed E-state index contributed by atoms with van der Waals surface area (Å²) >= 11 is 11.5. The van der Waals surface area contributed by atoms with Crippen molar-refractivity contribution in [3.63, 3.8) is 0 Å². The maximum Gasteiger partial charge on any atom is 0.200 e. The summed E-state index contributed by atoms with van der Waals surface area (Å²) in [6.07, 6.45) is 0. The first-order valence-corrected chi connectivity index (χ1v) is 9.55. The first-order chi connectivity index (χ1) is 14.1. The van der Waals surface area contributed by atoms with Gasteiger partial charge in [-0.25, -0.2) is 0 Å². The Morgan fingerprint density at radius 2 is 1.72 bits per heavy atom. The number of H-pyrrole nitrogens is 1. The highest BCUT2D eigenvalue weighted by Gasteiger charge is 2.20. The summed E-state index contributed by atoms with van der Waals surface area (Å²) in [6.45, 7) is 0. The maximum absolute atomic E-state index is 6.38. The fourth-order valence-electron chi connectivity index (χ4n) is 3.30. The molecule has 3 aromatic carbocycles. The lowest BCUT2D eigenvalue weighted by atomic mass is 10.1. The standard InChI is InChI=1S/C20H14ClN7S/c21-13-8-10-14(11-9-13)28-18(22)17(23-26-28)19-24-25-20(29)27(19)16-7-3-5-12-4-1-2-6-15(12)16/h1-11H,22H2,(H,25,29). The Morgan fingerprint density at radius 3 is 2.55 bits per heavy atom. The van der Waals surface area contributed by atoms with Gasteiger partial charge in [0.25, 0.3) is 0 Å². The highest BCUT2D eigenvalue weighted by atomic mass is 35.5. The van der Waals surface area contributed by atoms with Gasteiger partial charge in [0.1, 0.15) is 0 Å². The average molecular weight is 420 g/mol. The summed E-state index contributed by atoms with van der Waals surface area (Å²) in [5, 5.41) is 18.5. The molecule has 3 N–H and O–H groups in total. The number of benzene rings is 3. The summed E-state index contributed by atoms with van der Waals surface area (Å²) in [4.78, 5) is 0. The van der Waals surface area contributed by atoms with Gasteiger partial charge in [-0.2, -0.15) is 9.78 Å². The fourth-order valence-corrected chi connectivity index (χ4v) is 3.66. The Morgan fingerprint density at radius 1 is 0.966 bits per heavy atom. The largest absolute Gasteiger partial charge is 0.382 e. The number of fused-ring (bicyclic) bond motifs is 1. The third kappa shape index (κ3) is 2.89. The molecule has 0 saturated carbocycles. The highest BCUT2D eigenvalue weighted by Crippen LogP contribution is 2.29. The van der Waals surface area contributed by atoms with E-state index in [0.29, 0.717) is 27.1 Å². The number of nitrogens with zero attached hydrogens (tertiary/aromatic N) is 5. The van der Waals surface area contributed by atoms with Gasteiger partial charge in [0.05, 0.1) is 11.4 Å². The van der Waals surface area contributed by atoms with E-state index in [9.17, 15) is 0 Å². The van der Waals surface area contributed by atoms with Crippen LogP contribution in [0.5, 0.6) is 0 Å². The van der Waals surface area contributed by atoms with Crippen molar-refractivity contribution in [3.8, 4) is 22.9 Å². The number of aromatic amines is 1. The van der Waals surface area contributed by atoms with Crippen molar-refractivity contribution < 1.29 is 0 Å². The maximum atomic E-state index is 6.38. The first kappa shape index (κ1) is 17.6. The van der Waals surface area contributed by atoms with Crippen LogP contribution in [0, 0.1) is 4.77 Å². The number of hydrogen-bond donors (Lipinski definition) is 2. The van der Waals surface area contributed by atoms with Gasteiger partial charge < -0.3 is 5.73 Å². The summed E-state index contributed by atoms with van der Waals surface area (Å²) in [7, 11) is 0. The number of nitrogens with two attached hydrogens (primary N) is 1. The molecule has 0 fully saturated rings. The third-order valence-corrected chi connectivity index (χ3v) is 5.19. The van der Waals surface area contributed by atoms with Crippen LogP contribution >= 0.6 is 23.8 Å². The van der Waals surface area contributed by atoms with Crippen molar-refractivity contribution in [1.29, 1.82) is 0 Å². The van der Waals surface area contributed by atoms with Gasteiger partial charge in [-0.05, 0) is 47.9 Å². The topological polar surface area (TPSA) is 90.3 Å². The zero-order valence-corrected chi connectivity index (χ0v) is 16.5. The number of hydrogen-bond acceptors (Lipinski definition) is 5. The molecule has 142 valence electrons. The molecule has 2 aromatic heterocycles. The van der Waals surface area contributed by atoms with E-state index >= 15 is 0 Å². The molecule has 2 heterocycles. The van der Waals surface area contributed by atoms with Crippen molar-refractivity contribution in [3.05, 3.63) is 76.5 Å². The lowest BCUT2D eigenvalue weighted by molar-refractivity contribution is 0.809. The van der Waals surface area contributed by atoms with Gasteiger partial charge >= 0.3 is 0 Å². The molecule has 9 heteroatoms. The van der Waals surface area contributed by atoms with E-state index in [1.54, 1.807) is 12.1 Å². The van der Waals surface area contributed by atoms with E-state index in [-0.39, 0.29) is 0 Å². The Labute approximate surface area is 175 Å². The molecular weight excluding hydrogens is 406 g/mol. The Kier molecular flexibility index (Phi) is 4.15. The van der Waals surface area contributed by atoms with Crippen molar-refractivity contribution in [1.82, 2.24) is 29.8 Å². The molecule has 7 nitrogen and oxygen atoms in total. The molecule has 0 spiro atoms. The van der Waals surface area contributed by atoms with Gasteiger partial charge in [0.2, 0.25) is 0 Å². The lowest BCUT2D eigenvalue weighted by Crippen LogP contribution is -2.04. The molecule has 0 saturated heterocycles. The number of aromatic nitrogens is 6. The number of rotatable bonds is 3. The summed E-state index contributed by atoms with van der Waals surface area (Å²) in [6, 6.07) is 21.3. The summed E-state index contributed by atoms with van der Waals surface area (Å²) in [5.41, 5.74) is 8.44. The minimum absolute atomic E-state index is 0.350. The molecule has 5 aromatic rings. The number of nitrogens with one attached hydrogen (secondary N) is 1. The highest BCUT2D eigenvalue weighted by molar-refractivity contribution is 7.71. The molecule has 0 bridgehead atoms. The second-order valence-corrected chi connectivity index (χ2v) is 7.22. The normalized spacial score (nSPS) is 11.2. The molecule has 0 aliphatic heterocycles. The molecule has 0 atom stereocenters. The van der Waals surface area contributed by atoms with Crippen LogP contribution in [-0.4, -0.2) is 29.8 Å². The van der Waals surface area contributed by atoms with Crippen LogP contribution in [0.1, 0.15) is 0 Å². The smallest absolute Gasteiger partial charge is 0.200 e. The molecule has 0 radical (unpaired) electrons. The number of nitrogen functional groups attached to an aromatic ring is 1. The second kappa shape index (κ2) is 6.84. The van der Waals surface area contributed by atoms with Gasteiger partial charge in [0, 0.05) is 10.4 Å². The Bertz CT molecular complexity index is 1390. The number of halogens is 1. The van der Waals surface area contributed by atoms with E-state index in [1.807, 2.05) is 59.2 Å². The van der Waals surface area contributed by atoms with Gasteiger partial charge in [-0.1, -0.05) is 53.2 Å². The quantitative estimate of drug-likeness (QED) is 0.418. The third-order valence-electron chi connectivity index (χ3n) is 4.67. The zero-order chi connectivity index (χ0) is 20.0. The molecule has 0 unspecified atom stereocenters. The second-order valence-electron chi connectivity index (χ2n) is 6.40. The predicted molar refractivity (Wildman–Crippen MR) is 116 cm³/mol. The predicted octanol–water partition coefficient (Wildman–Crippen LogP) is 4.57. The van der Waals surface area contributed by atoms with E-state index in [0.717, 1.165) is 22.1 Å². The zero-order valence-electron chi connectivity index (χ0n) is 15.0. The SMILES string of the molecule is Nc1c(-c2n[nH]c(=S)n2-c2cccc3ccccc23)nnn1-c1ccc(Cl)cc1. The summed E-state index contributed by atoms with van der Waals surface area (Å²) < 4.78 is 3.80. The molecule has 0 aliphatic carbocycles. The minimum Gasteiger partial charge on any atom is -0.382 e. The van der Waals surface area contributed by atoms with Crippen molar-refractivity contribution in [2.24, 2.45) is 0 Å². The molecule has 29 heavy (non-hydrogen) atoms. The lowest BCUT2D eigenvalue weighted by Gasteiger charge is -2.09. The van der Waals surface area contributed by atoms with Gasteiger partial charge in [-0.15, -0.1) is 5.10 Å². The van der Waals surface area contributed by atoms with Crippen LogP contribution in [-0.2, 0) is 0 Å². The van der Waals surface area contributed by atoms with Crippen LogP contribution in [0.3, 0.4) is 0 Å².